The molecular weight excluding hydrogens is 264 g/mol. The fourth-order valence-corrected chi connectivity index (χ4v) is 1.93. The van der Waals surface area contributed by atoms with Crippen LogP contribution in [0.3, 0.4) is 0 Å². The molecule has 0 spiro atoms. The van der Waals surface area contributed by atoms with E-state index in [1.165, 1.54) is 0 Å². The summed E-state index contributed by atoms with van der Waals surface area (Å²) in [5, 5.41) is 11.9. The van der Waals surface area contributed by atoms with Crippen molar-refractivity contribution in [2.75, 3.05) is 20.3 Å². The monoisotopic (exact) mass is 290 g/mol. The van der Waals surface area contributed by atoms with Crippen molar-refractivity contribution in [2.45, 2.75) is 39.7 Å². The highest BCUT2D eigenvalue weighted by Crippen LogP contribution is 2.25. The van der Waals surface area contributed by atoms with E-state index in [-0.39, 0.29) is 0 Å². The average molecular weight is 290 g/mol. The predicted molar refractivity (Wildman–Crippen MR) is 84.5 cm³/mol. The van der Waals surface area contributed by atoms with Gasteiger partial charge in [0.25, 0.3) is 0 Å². The van der Waals surface area contributed by atoms with Gasteiger partial charge in [-0.25, -0.2) is 0 Å². The van der Waals surface area contributed by atoms with Crippen molar-refractivity contribution in [2.24, 2.45) is 5.92 Å². The Bertz CT molecular complexity index is 453. The van der Waals surface area contributed by atoms with E-state index in [9.17, 15) is 0 Å². The lowest BCUT2D eigenvalue weighted by molar-refractivity contribution is 0.301. The van der Waals surface area contributed by atoms with Gasteiger partial charge in [0, 0.05) is 24.6 Å². The quantitative estimate of drug-likeness (QED) is 0.670. The van der Waals surface area contributed by atoms with E-state index in [0.717, 1.165) is 43.0 Å². The molecule has 116 valence electrons. The normalized spacial score (nSPS) is 10.4. The number of benzene rings is 1. The summed E-state index contributed by atoms with van der Waals surface area (Å²) in [6.07, 6.45) is 2.36. The maximum atomic E-state index is 8.52. The minimum atomic E-state index is 0.588. The van der Waals surface area contributed by atoms with E-state index in [2.05, 4.69) is 25.2 Å². The number of nitriles is 1. The first-order valence-electron chi connectivity index (χ1n) is 7.54. The molecule has 1 rings (SSSR count). The first-order chi connectivity index (χ1) is 10.2. The van der Waals surface area contributed by atoms with Crippen molar-refractivity contribution < 1.29 is 9.47 Å². The lowest BCUT2D eigenvalue weighted by Crippen LogP contribution is -2.19. The Hall–Kier alpha value is -1.73. The second kappa shape index (κ2) is 10.1. The van der Waals surface area contributed by atoms with Crippen molar-refractivity contribution in [3.63, 3.8) is 0 Å². The van der Waals surface area contributed by atoms with Gasteiger partial charge in [-0.05, 0) is 31.4 Å². The maximum Gasteiger partial charge on any atom is 0.127 e. The number of unbranched alkanes of at least 4 members (excludes halogenated alkanes) is 2. The van der Waals surface area contributed by atoms with Gasteiger partial charge in [0.15, 0.2) is 0 Å². The van der Waals surface area contributed by atoms with Gasteiger partial charge in [-0.2, -0.15) is 5.26 Å². The highest BCUT2D eigenvalue weighted by Gasteiger charge is 2.06. The van der Waals surface area contributed by atoms with E-state index >= 15 is 0 Å². The third-order valence-corrected chi connectivity index (χ3v) is 3.08. The minimum Gasteiger partial charge on any atom is -0.497 e. The van der Waals surface area contributed by atoms with E-state index in [4.69, 9.17) is 14.7 Å². The molecule has 4 heteroatoms. The number of nitrogens with zero attached hydrogens (tertiary/aromatic N) is 1. The fraction of sp³-hybridized carbons (Fsp3) is 0.588. The van der Waals surface area contributed by atoms with Crippen LogP contribution in [0.2, 0.25) is 0 Å². The van der Waals surface area contributed by atoms with Crippen LogP contribution in [0.25, 0.3) is 0 Å². The van der Waals surface area contributed by atoms with Gasteiger partial charge in [0.05, 0.1) is 19.8 Å². The molecule has 1 aromatic rings. The van der Waals surface area contributed by atoms with Crippen molar-refractivity contribution in [1.82, 2.24) is 5.32 Å². The minimum absolute atomic E-state index is 0.588. The van der Waals surface area contributed by atoms with Crippen molar-refractivity contribution >= 4 is 0 Å². The SMILES string of the molecule is COc1ccc(CNCC(C)C)c(OCCCCC#N)c1. The summed E-state index contributed by atoms with van der Waals surface area (Å²) in [7, 11) is 1.66. The van der Waals surface area contributed by atoms with Crippen molar-refractivity contribution in [3.05, 3.63) is 23.8 Å². The highest BCUT2D eigenvalue weighted by molar-refractivity contribution is 5.40. The summed E-state index contributed by atoms with van der Waals surface area (Å²) >= 11 is 0. The lowest BCUT2D eigenvalue weighted by atomic mass is 10.1. The van der Waals surface area contributed by atoms with Gasteiger partial charge in [-0.3, -0.25) is 0 Å². The zero-order valence-corrected chi connectivity index (χ0v) is 13.3. The number of ether oxygens (including phenoxy) is 2. The maximum absolute atomic E-state index is 8.52. The standard InChI is InChI=1S/C17H26N2O2/c1-14(2)12-19-13-15-7-8-16(20-3)11-17(15)21-10-6-4-5-9-18/h7-8,11,14,19H,4-6,10,12-13H2,1-3H3. The molecule has 4 nitrogen and oxygen atoms in total. The van der Waals surface area contributed by atoms with Crippen LogP contribution in [-0.2, 0) is 6.54 Å². The Kier molecular flexibility index (Phi) is 8.30. The molecule has 0 atom stereocenters. The van der Waals surface area contributed by atoms with Gasteiger partial charge in [-0.15, -0.1) is 0 Å². The second-order valence-corrected chi connectivity index (χ2v) is 5.46. The van der Waals surface area contributed by atoms with Crippen LogP contribution in [0.5, 0.6) is 11.5 Å². The molecule has 0 aliphatic rings. The molecule has 0 bridgehead atoms. The summed E-state index contributed by atoms with van der Waals surface area (Å²) in [6.45, 7) is 6.77. The van der Waals surface area contributed by atoms with E-state index in [1.54, 1.807) is 7.11 Å². The molecule has 0 fully saturated rings. The second-order valence-electron chi connectivity index (χ2n) is 5.46. The number of hydrogen-bond acceptors (Lipinski definition) is 4. The molecule has 0 aliphatic carbocycles. The Morgan fingerprint density at radius 1 is 1.29 bits per heavy atom. The molecular formula is C17H26N2O2. The molecule has 0 aromatic heterocycles. The lowest BCUT2D eigenvalue weighted by Gasteiger charge is -2.14. The van der Waals surface area contributed by atoms with E-state index < -0.39 is 0 Å². The molecule has 1 N–H and O–H groups in total. The van der Waals surface area contributed by atoms with Gasteiger partial charge < -0.3 is 14.8 Å². The molecule has 0 aliphatic heterocycles. The molecule has 0 heterocycles. The zero-order valence-electron chi connectivity index (χ0n) is 13.3. The van der Waals surface area contributed by atoms with Crippen LogP contribution in [0.4, 0.5) is 0 Å². The zero-order chi connectivity index (χ0) is 15.5. The summed E-state index contributed by atoms with van der Waals surface area (Å²) < 4.78 is 11.1. The van der Waals surface area contributed by atoms with Gasteiger partial charge >= 0.3 is 0 Å². The summed E-state index contributed by atoms with van der Waals surface area (Å²) in [4.78, 5) is 0. The topological polar surface area (TPSA) is 54.3 Å². The van der Waals surface area contributed by atoms with Gasteiger partial charge in [-0.1, -0.05) is 19.9 Å². The van der Waals surface area contributed by atoms with Crippen molar-refractivity contribution in [1.29, 1.82) is 5.26 Å². The van der Waals surface area contributed by atoms with Crippen LogP contribution in [-0.4, -0.2) is 20.3 Å². The summed E-state index contributed by atoms with van der Waals surface area (Å²) in [5.41, 5.74) is 1.14. The first-order valence-corrected chi connectivity index (χ1v) is 7.54. The van der Waals surface area contributed by atoms with Crippen LogP contribution in [0.15, 0.2) is 18.2 Å². The van der Waals surface area contributed by atoms with Crippen LogP contribution < -0.4 is 14.8 Å². The third-order valence-electron chi connectivity index (χ3n) is 3.08. The molecule has 0 saturated carbocycles. The number of nitrogens with one attached hydrogen (secondary N) is 1. The molecule has 1 aromatic carbocycles. The number of rotatable bonds is 10. The van der Waals surface area contributed by atoms with Crippen LogP contribution >= 0.6 is 0 Å². The van der Waals surface area contributed by atoms with E-state index in [0.29, 0.717) is 18.9 Å². The Morgan fingerprint density at radius 3 is 2.76 bits per heavy atom. The first kappa shape index (κ1) is 17.3. The van der Waals surface area contributed by atoms with E-state index in [1.807, 2.05) is 18.2 Å². The molecule has 0 unspecified atom stereocenters. The smallest absolute Gasteiger partial charge is 0.127 e. The summed E-state index contributed by atoms with van der Waals surface area (Å²) in [5.74, 6) is 2.29. The Balaban J connectivity index is 2.57. The van der Waals surface area contributed by atoms with Crippen LogP contribution in [0.1, 0.15) is 38.7 Å². The number of hydrogen-bond donors (Lipinski definition) is 1. The Morgan fingerprint density at radius 2 is 2.10 bits per heavy atom. The van der Waals surface area contributed by atoms with Gasteiger partial charge in [0.1, 0.15) is 11.5 Å². The summed E-state index contributed by atoms with van der Waals surface area (Å²) in [6, 6.07) is 8.07. The average Bonchev–Trinajstić information content (AvgIpc) is 2.47. The Labute approximate surface area is 128 Å². The van der Waals surface area contributed by atoms with Crippen LogP contribution in [0, 0.1) is 17.2 Å². The predicted octanol–water partition coefficient (Wildman–Crippen LogP) is 3.51. The number of methoxy groups -OCH3 is 1. The fourth-order valence-electron chi connectivity index (χ4n) is 1.93. The largest absolute Gasteiger partial charge is 0.497 e. The molecule has 0 radical (unpaired) electrons. The third kappa shape index (κ3) is 7.01. The van der Waals surface area contributed by atoms with Crippen molar-refractivity contribution in [3.8, 4) is 17.6 Å². The van der Waals surface area contributed by atoms with Gasteiger partial charge in [0.2, 0.25) is 0 Å². The molecule has 0 amide bonds. The molecule has 0 saturated heterocycles. The molecule has 21 heavy (non-hydrogen) atoms. The highest BCUT2D eigenvalue weighted by atomic mass is 16.5.